The maximum Gasteiger partial charge on any atom is 0.254 e. The predicted molar refractivity (Wildman–Crippen MR) is 98.5 cm³/mol. The lowest BCUT2D eigenvalue weighted by molar-refractivity contribution is 0.0827. The molecule has 0 radical (unpaired) electrons. The maximum absolute atomic E-state index is 13.4. The molecule has 0 spiro atoms. The average molecular weight is 374 g/mol. The molecule has 3 heterocycles. The second-order valence-electron chi connectivity index (χ2n) is 7.18. The summed E-state index contributed by atoms with van der Waals surface area (Å²) >= 11 is 5.95. The van der Waals surface area contributed by atoms with Crippen molar-refractivity contribution >= 4 is 17.5 Å². The summed E-state index contributed by atoms with van der Waals surface area (Å²) in [4.78, 5) is 18.8. The number of benzene rings is 1. The summed E-state index contributed by atoms with van der Waals surface area (Å²) in [6, 6.07) is 12.7. The van der Waals surface area contributed by atoms with Crippen LogP contribution >= 0.6 is 11.6 Å². The molecule has 2 aromatic rings. The molecule has 4 rings (SSSR count). The molecule has 1 amide bonds. The SMILES string of the molecule is O=C(NC1CC2CCC(C1)N2Cc1ccccc1)c1cc(F)cnc1Cl. The second-order valence-corrected chi connectivity index (χ2v) is 7.53. The Morgan fingerprint density at radius 3 is 2.62 bits per heavy atom. The molecule has 2 unspecified atom stereocenters. The number of piperidine rings is 1. The van der Waals surface area contributed by atoms with Crippen LogP contribution in [0.5, 0.6) is 0 Å². The van der Waals surface area contributed by atoms with E-state index in [0.717, 1.165) is 44.5 Å². The highest BCUT2D eigenvalue weighted by Gasteiger charge is 2.41. The van der Waals surface area contributed by atoms with E-state index in [1.807, 2.05) is 6.07 Å². The zero-order valence-electron chi connectivity index (χ0n) is 14.4. The van der Waals surface area contributed by atoms with Crippen molar-refractivity contribution in [2.75, 3.05) is 0 Å². The van der Waals surface area contributed by atoms with E-state index < -0.39 is 5.82 Å². The van der Waals surface area contributed by atoms with Crippen LogP contribution in [0.25, 0.3) is 0 Å². The Hall–Kier alpha value is -1.98. The number of aromatic nitrogens is 1. The predicted octanol–water partition coefficient (Wildman–Crippen LogP) is 3.80. The van der Waals surface area contributed by atoms with Crippen LogP contribution in [0.15, 0.2) is 42.6 Å². The summed E-state index contributed by atoms with van der Waals surface area (Å²) in [5, 5.41) is 3.07. The van der Waals surface area contributed by atoms with Gasteiger partial charge in [0.05, 0.1) is 11.8 Å². The first kappa shape index (κ1) is 17.4. The van der Waals surface area contributed by atoms with E-state index >= 15 is 0 Å². The smallest absolute Gasteiger partial charge is 0.254 e. The standard InChI is InChI=1S/C20H21ClFN3O/c21-19-18(8-14(22)11-23-19)20(26)24-15-9-16-6-7-17(10-15)25(16)12-13-4-2-1-3-5-13/h1-5,8,11,15-17H,6-7,9-10,12H2,(H,24,26). The third-order valence-electron chi connectivity index (χ3n) is 5.48. The highest BCUT2D eigenvalue weighted by Crippen LogP contribution is 2.37. The van der Waals surface area contributed by atoms with Gasteiger partial charge in [0.25, 0.3) is 5.91 Å². The number of halogens is 2. The van der Waals surface area contributed by atoms with Crippen LogP contribution in [-0.4, -0.2) is 33.9 Å². The molecule has 0 saturated carbocycles. The summed E-state index contributed by atoms with van der Waals surface area (Å²) in [6.45, 7) is 0.955. The van der Waals surface area contributed by atoms with Crippen LogP contribution in [0, 0.1) is 5.82 Å². The second kappa shape index (κ2) is 7.33. The maximum atomic E-state index is 13.4. The van der Waals surface area contributed by atoms with Crippen molar-refractivity contribution in [3.8, 4) is 0 Å². The van der Waals surface area contributed by atoms with Crippen molar-refractivity contribution in [1.82, 2.24) is 15.2 Å². The molecule has 2 fully saturated rings. The zero-order chi connectivity index (χ0) is 18.1. The fraction of sp³-hybridized carbons (Fsp3) is 0.400. The van der Waals surface area contributed by atoms with E-state index in [4.69, 9.17) is 11.6 Å². The summed E-state index contributed by atoms with van der Waals surface area (Å²) in [5.41, 5.74) is 1.43. The molecule has 0 aliphatic carbocycles. The van der Waals surface area contributed by atoms with Gasteiger partial charge < -0.3 is 5.32 Å². The van der Waals surface area contributed by atoms with Crippen molar-refractivity contribution < 1.29 is 9.18 Å². The highest BCUT2D eigenvalue weighted by molar-refractivity contribution is 6.32. The first-order valence-corrected chi connectivity index (χ1v) is 9.39. The van der Waals surface area contributed by atoms with Gasteiger partial charge in [-0.25, -0.2) is 9.37 Å². The van der Waals surface area contributed by atoms with E-state index in [2.05, 4.69) is 39.5 Å². The van der Waals surface area contributed by atoms with Crippen LogP contribution in [0.4, 0.5) is 4.39 Å². The summed E-state index contributed by atoms with van der Waals surface area (Å²) in [7, 11) is 0. The molecule has 2 bridgehead atoms. The summed E-state index contributed by atoms with van der Waals surface area (Å²) < 4.78 is 13.4. The molecule has 2 aliphatic rings. The Morgan fingerprint density at radius 2 is 1.92 bits per heavy atom. The number of hydrogen-bond donors (Lipinski definition) is 1. The number of nitrogens with one attached hydrogen (secondary N) is 1. The van der Waals surface area contributed by atoms with Crippen molar-refractivity contribution in [3.63, 3.8) is 0 Å². The molecule has 2 atom stereocenters. The van der Waals surface area contributed by atoms with Gasteiger partial charge in [0.2, 0.25) is 0 Å². The fourth-order valence-electron chi connectivity index (χ4n) is 4.29. The highest BCUT2D eigenvalue weighted by atomic mass is 35.5. The molecule has 26 heavy (non-hydrogen) atoms. The molecule has 1 N–H and O–H groups in total. The lowest BCUT2D eigenvalue weighted by Gasteiger charge is -2.39. The van der Waals surface area contributed by atoms with Gasteiger partial charge in [-0.05, 0) is 37.3 Å². The number of amides is 1. The average Bonchev–Trinajstić information content (AvgIpc) is 2.87. The molecular formula is C20H21ClFN3O. The van der Waals surface area contributed by atoms with Crippen molar-refractivity contribution in [1.29, 1.82) is 0 Å². The van der Waals surface area contributed by atoms with Crippen LogP contribution in [0.1, 0.15) is 41.6 Å². The summed E-state index contributed by atoms with van der Waals surface area (Å²) in [5.74, 6) is -0.903. The first-order valence-electron chi connectivity index (χ1n) is 9.01. The van der Waals surface area contributed by atoms with Gasteiger partial charge in [0.1, 0.15) is 11.0 Å². The Labute approximate surface area is 157 Å². The molecule has 4 nitrogen and oxygen atoms in total. The molecule has 136 valence electrons. The molecule has 1 aromatic carbocycles. The van der Waals surface area contributed by atoms with Crippen molar-refractivity contribution in [2.24, 2.45) is 0 Å². The van der Waals surface area contributed by atoms with Gasteiger partial charge >= 0.3 is 0 Å². The number of pyridine rings is 1. The Morgan fingerprint density at radius 1 is 1.23 bits per heavy atom. The van der Waals surface area contributed by atoms with E-state index in [1.54, 1.807) is 0 Å². The van der Waals surface area contributed by atoms with Crippen molar-refractivity contribution in [3.05, 3.63) is 64.7 Å². The van der Waals surface area contributed by atoms with Crippen molar-refractivity contribution in [2.45, 2.75) is 50.4 Å². The van der Waals surface area contributed by atoms with E-state index in [-0.39, 0.29) is 22.7 Å². The quantitative estimate of drug-likeness (QED) is 0.829. The largest absolute Gasteiger partial charge is 0.349 e. The minimum atomic E-state index is -0.558. The van der Waals surface area contributed by atoms with E-state index in [0.29, 0.717) is 12.1 Å². The molecule has 2 aliphatic heterocycles. The van der Waals surface area contributed by atoms with Gasteiger partial charge in [0.15, 0.2) is 0 Å². The number of hydrogen-bond acceptors (Lipinski definition) is 3. The van der Waals surface area contributed by atoms with Crippen LogP contribution in [-0.2, 0) is 6.54 Å². The molecule has 1 aromatic heterocycles. The van der Waals surface area contributed by atoms with E-state index in [9.17, 15) is 9.18 Å². The third kappa shape index (κ3) is 3.60. The number of nitrogens with zero attached hydrogens (tertiary/aromatic N) is 2. The minimum Gasteiger partial charge on any atom is -0.349 e. The normalized spacial score (nSPS) is 25.2. The van der Waals surface area contributed by atoms with Gasteiger partial charge in [-0.2, -0.15) is 0 Å². The molecular weight excluding hydrogens is 353 g/mol. The number of fused-ring (bicyclic) bond motifs is 2. The molecule has 6 heteroatoms. The zero-order valence-corrected chi connectivity index (χ0v) is 15.1. The Bertz CT molecular complexity index is 787. The topological polar surface area (TPSA) is 45.2 Å². The van der Waals surface area contributed by atoms with Crippen LogP contribution < -0.4 is 5.32 Å². The number of rotatable bonds is 4. The Kier molecular flexibility index (Phi) is 4.92. The molecule has 2 saturated heterocycles. The summed E-state index contributed by atoms with van der Waals surface area (Å²) in [6.07, 6.45) is 5.16. The fourth-order valence-corrected chi connectivity index (χ4v) is 4.48. The third-order valence-corrected chi connectivity index (χ3v) is 5.78. The van der Waals surface area contributed by atoms with Gasteiger partial charge in [-0.3, -0.25) is 9.69 Å². The number of carbonyl (C=O) groups is 1. The van der Waals surface area contributed by atoms with Gasteiger partial charge in [-0.1, -0.05) is 41.9 Å². The monoisotopic (exact) mass is 373 g/mol. The van der Waals surface area contributed by atoms with Gasteiger partial charge in [-0.15, -0.1) is 0 Å². The minimum absolute atomic E-state index is 0.0355. The van der Waals surface area contributed by atoms with Crippen LogP contribution in [0.3, 0.4) is 0 Å². The van der Waals surface area contributed by atoms with E-state index in [1.165, 1.54) is 5.56 Å². The van der Waals surface area contributed by atoms with Crippen LogP contribution in [0.2, 0.25) is 5.15 Å². The first-order chi connectivity index (χ1) is 12.6. The lowest BCUT2D eigenvalue weighted by atomic mass is 9.96. The lowest BCUT2D eigenvalue weighted by Crippen LogP contribution is -2.50. The van der Waals surface area contributed by atoms with Gasteiger partial charge in [0, 0.05) is 24.7 Å². The Balaban J connectivity index is 1.41. The number of carbonyl (C=O) groups excluding carboxylic acids is 1.